The van der Waals surface area contributed by atoms with E-state index in [1.165, 1.54) is 0 Å². The first-order valence-corrected chi connectivity index (χ1v) is 8.88. The number of ether oxygens (including phenoxy) is 1. The SMILES string of the molecule is CS(=O)(=O)CCCNC(=O)N1CCC(OCC(=O)O)CC1. The van der Waals surface area contributed by atoms with Gasteiger partial charge in [-0.2, -0.15) is 0 Å². The number of carboxylic acids is 1. The molecule has 1 fully saturated rings. The Bertz CT molecular complexity index is 456. The summed E-state index contributed by atoms with van der Waals surface area (Å²) in [5.41, 5.74) is 0. The van der Waals surface area contributed by atoms with Gasteiger partial charge in [-0.15, -0.1) is 0 Å². The predicted octanol–water partition coefficient (Wildman–Crippen LogP) is -0.304. The van der Waals surface area contributed by atoms with Crippen molar-refractivity contribution in [1.82, 2.24) is 10.2 Å². The highest BCUT2D eigenvalue weighted by Gasteiger charge is 2.23. The summed E-state index contributed by atoms with van der Waals surface area (Å²) in [4.78, 5) is 23.8. The van der Waals surface area contributed by atoms with Gasteiger partial charge in [-0.1, -0.05) is 0 Å². The number of amides is 2. The number of likely N-dealkylation sites (tertiary alicyclic amines) is 1. The van der Waals surface area contributed by atoms with E-state index in [0.29, 0.717) is 38.9 Å². The van der Waals surface area contributed by atoms with Crippen LogP contribution in [0.1, 0.15) is 19.3 Å². The third-order valence-corrected chi connectivity index (χ3v) is 4.17. The Kier molecular flexibility index (Phi) is 6.90. The standard InChI is InChI=1S/C12H22N2O6S/c1-21(18,19)8-2-5-13-12(17)14-6-3-10(4-7-14)20-9-11(15)16/h10H,2-9H2,1H3,(H,13,17)(H,15,16). The fraction of sp³-hybridized carbons (Fsp3) is 0.833. The van der Waals surface area contributed by atoms with Gasteiger partial charge in [0.25, 0.3) is 0 Å². The number of carboxylic acid groups (broad SMARTS) is 1. The van der Waals surface area contributed by atoms with Crippen molar-refractivity contribution < 1.29 is 27.9 Å². The molecule has 0 aromatic rings. The van der Waals surface area contributed by atoms with E-state index in [-0.39, 0.29) is 24.5 Å². The van der Waals surface area contributed by atoms with Crippen molar-refractivity contribution in [2.24, 2.45) is 0 Å². The molecule has 1 aliphatic rings. The fourth-order valence-electron chi connectivity index (χ4n) is 2.06. The van der Waals surface area contributed by atoms with Crippen LogP contribution in [0.4, 0.5) is 4.79 Å². The number of nitrogens with one attached hydrogen (secondary N) is 1. The fourth-order valence-corrected chi connectivity index (χ4v) is 2.72. The number of carbonyl (C=O) groups is 2. The Hall–Kier alpha value is -1.35. The quantitative estimate of drug-likeness (QED) is 0.622. The molecule has 0 bridgehead atoms. The largest absolute Gasteiger partial charge is 0.480 e. The van der Waals surface area contributed by atoms with Crippen molar-refractivity contribution in [1.29, 1.82) is 0 Å². The number of hydrogen-bond donors (Lipinski definition) is 2. The number of hydrogen-bond acceptors (Lipinski definition) is 5. The molecule has 1 rings (SSSR count). The molecular formula is C12H22N2O6S. The Morgan fingerprint density at radius 3 is 2.48 bits per heavy atom. The molecule has 122 valence electrons. The van der Waals surface area contributed by atoms with Gasteiger partial charge in [-0.05, 0) is 19.3 Å². The van der Waals surface area contributed by atoms with Crippen LogP contribution in [0.25, 0.3) is 0 Å². The van der Waals surface area contributed by atoms with E-state index >= 15 is 0 Å². The van der Waals surface area contributed by atoms with Gasteiger partial charge in [0.1, 0.15) is 16.4 Å². The molecule has 1 aliphatic heterocycles. The Labute approximate surface area is 124 Å². The molecule has 0 saturated carbocycles. The molecule has 0 atom stereocenters. The molecular weight excluding hydrogens is 300 g/mol. The first-order chi connectivity index (χ1) is 9.78. The molecule has 2 N–H and O–H groups in total. The first kappa shape index (κ1) is 17.7. The molecule has 1 saturated heterocycles. The lowest BCUT2D eigenvalue weighted by atomic mass is 10.1. The van der Waals surface area contributed by atoms with Gasteiger partial charge in [0.05, 0.1) is 11.9 Å². The summed E-state index contributed by atoms with van der Waals surface area (Å²) in [6.45, 7) is 1.01. The highest BCUT2D eigenvalue weighted by molar-refractivity contribution is 7.90. The van der Waals surface area contributed by atoms with E-state index in [9.17, 15) is 18.0 Å². The number of sulfone groups is 1. The minimum atomic E-state index is -3.00. The monoisotopic (exact) mass is 322 g/mol. The second-order valence-corrected chi connectivity index (χ2v) is 7.37. The van der Waals surface area contributed by atoms with Crippen molar-refractivity contribution in [3.05, 3.63) is 0 Å². The highest BCUT2D eigenvalue weighted by Crippen LogP contribution is 2.13. The van der Waals surface area contributed by atoms with Gasteiger partial charge in [0.2, 0.25) is 0 Å². The minimum absolute atomic E-state index is 0.0540. The third-order valence-electron chi connectivity index (χ3n) is 3.14. The maximum atomic E-state index is 11.8. The van der Waals surface area contributed by atoms with E-state index < -0.39 is 15.8 Å². The summed E-state index contributed by atoms with van der Waals surface area (Å²) >= 11 is 0. The molecule has 0 aromatic carbocycles. The van der Waals surface area contributed by atoms with E-state index in [0.717, 1.165) is 6.26 Å². The van der Waals surface area contributed by atoms with Crippen LogP contribution in [-0.2, 0) is 19.4 Å². The number of rotatable bonds is 7. The second kappa shape index (κ2) is 8.18. The van der Waals surface area contributed by atoms with E-state index in [2.05, 4.69) is 5.32 Å². The number of aliphatic carboxylic acids is 1. The Balaban J connectivity index is 2.18. The topological polar surface area (TPSA) is 113 Å². The van der Waals surface area contributed by atoms with Crippen LogP contribution in [0.3, 0.4) is 0 Å². The van der Waals surface area contributed by atoms with Crippen molar-refractivity contribution in [3.63, 3.8) is 0 Å². The average molecular weight is 322 g/mol. The summed E-state index contributed by atoms with van der Waals surface area (Å²) in [6, 6.07) is -0.222. The smallest absolute Gasteiger partial charge is 0.329 e. The minimum Gasteiger partial charge on any atom is -0.480 e. The Morgan fingerprint density at radius 2 is 1.95 bits per heavy atom. The zero-order valence-corrected chi connectivity index (χ0v) is 12.9. The highest BCUT2D eigenvalue weighted by atomic mass is 32.2. The molecule has 21 heavy (non-hydrogen) atoms. The van der Waals surface area contributed by atoms with E-state index in [1.807, 2.05) is 0 Å². The van der Waals surface area contributed by atoms with Gasteiger partial charge >= 0.3 is 12.0 Å². The lowest BCUT2D eigenvalue weighted by molar-refractivity contribution is -0.145. The van der Waals surface area contributed by atoms with Crippen molar-refractivity contribution in [2.45, 2.75) is 25.4 Å². The zero-order valence-electron chi connectivity index (χ0n) is 12.1. The summed E-state index contributed by atoms with van der Waals surface area (Å²) in [6.07, 6.45) is 2.63. The van der Waals surface area contributed by atoms with Crippen molar-refractivity contribution >= 4 is 21.8 Å². The van der Waals surface area contributed by atoms with Crippen LogP contribution >= 0.6 is 0 Å². The zero-order chi connectivity index (χ0) is 15.9. The van der Waals surface area contributed by atoms with Crippen molar-refractivity contribution in [3.8, 4) is 0 Å². The van der Waals surface area contributed by atoms with Gasteiger partial charge < -0.3 is 20.1 Å². The van der Waals surface area contributed by atoms with Crippen LogP contribution < -0.4 is 5.32 Å². The molecule has 0 aliphatic carbocycles. The molecule has 2 amide bonds. The van der Waals surface area contributed by atoms with Crippen LogP contribution in [0.15, 0.2) is 0 Å². The molecule has 0 aromatic heterocycles. The molecule has 0 radical (unpaired) electrons. The normalized spacial score (nSPS) is 16.7. The van der Waals surface area contributed by atoms with Gasteiger partial charge in [-0.25, -0.2) is 18.0 Å². The maximum absolute atomic E-state index is 11.8. The van der Waals surface area contributed by atoms with E-state index in [4.69, 9.17) is 9.84 Å². The summed E-state index contributed by atoms with van der Waals surface area (Å²) in [5.74, 6) is -0.945. The molecule has 0 spiro atoms. The molecule has 0 unspecified atom stereocenters. The van der Waals surface area contributed by atoms with Crippen LogP contribution in [0.5, 0.6) is 0 Å². The lowest BCUT2D eigenvalue weighted by Crippen LogP contribution is -2.46. The Morgan fingerprint density at radius 1 is 1.33 bits per heavy atom. The number of piperidine rings is 1. The van der Waals surface area contributed by atoms with Gasteiger partial charge in [0.15, 0.2) is 0 Å². The van der Waals surface area contributed by atoms with Crippen LogP contribution in [0.2, 0.25) is 0 Å². The van der Waals surface area contributed by atoms with Gasteiger partial charge in [0, 0.05) is 25.9 Å². The number of urea groups is 1. The van der Waals surface area contributed by atoms with E-state index in [1.54, 1.807) is 4.90 Å². The van der Waals surface area contributed by atoms with Gasteiger partial charge in [-0.3, -0.25) is 0 Å². The summed E-state index contributed by atoms with van der Waals surface area (Å²) < 4.78 is 27.1. The molecule has 1 heterocycles. The van der Waals surface area contributed by atoms with Crippen molar-refractivity contribution in [2.75, 3.05) is 38.2 Å². The van der Waals surface area contributed by atoms with Crippen LogP contribution in [0, 0.1) is 0 Å². The van der Waals surface area contributed by atoms with Crippen LogP contribution in [-0.4, -0.2) is 74.8 Å². The third kappa shape index (κ3) is 7.86. The lowest BCUT2D eigenvalue weighted by Gasteiger charge is -2.31. The average Bonchev–Trinajstić information content (AvgIpc) is 2.40. The first-order valence-electron chi connectivity index (χ1n) is 6.82. The molecule has 9 heteroatoms. The predicted molar refractivity (Wildman–Crippen MR) is 75.9 cm³/mol. The second-order valence-electron chi connectivity index (χ2n) is 5.11. The summed E-state index contributed by atoms with van der Waals surface area (Å²) in [5, 5.41) is 11.2. The summed E-state index contributed by atoms with van der Waals surface area (Å²) in [7, 11) is -3.00. The number of carbonyl (C=O) groups excluding carboxylic acids is 1. The maximum Gasteiger partial charge on any atom is 0.329 e. The molecule has 8 nitrogen and oxygen atoms in total. The number of nitrogens with zero attached hydrogens (tertiary/aromatic N) is 1.